The summed E-state index contributed by atoms with van der Waals surface area (Å²) in [6.45, 7) is 0.329. The van der Waals surface area contributed by atoms with Crippen LogP contribution in [0.1, 0.15) is 5.56 Å². The van der Waals surface area contributed by atoms with E-state index in [2.05, 4.69) is 5.32 Å². The van der Waals surface area contributed by atoms with Crippen LogP contribution < -0.4 is 14.8 Å². The Morgan fingerprint density at radius 1 is 1.03 bits per heavy atom. The first-order chi connectivity index (χ1) is 13.7. The summed E-state index contributed by atoms with van der Waals surface area (Å²) in [5, 5.41) is 2.58. The number of sulfone groups is 2. The van der Waals surface area contributed by atoms with E-state index in [1.54, 1.807) is 24.3 Å². The normalized spacial score (nSPS) is 21.1. The lowest BCUT2D eigenvalue weighted by atomic mass is 10.2. The van der Waals surface area contributed by atoms with E-state index in [1.807, 2.05) is 0 Å². The number of hydrogen-bond donors (Lipinski definition) is 1. The Morgan fingerprint density at radius 2 is 1.69 bits per heavy atom. The number of methoxy groups -OCH3 is 2. The largest absolute Gasteiger partial charge is 0.493 e. The summed E-state index contributed by atoms with van der Waals surface area (Å²) in [6.07, 6.45) is 0. The average Bonchev–Trinajstić information content (AvgIpc) is 3.02. The van der Waals surface area contributed by atoms with Crippen molar-refractivity contribution in [3.05, 3.63) is 53.1 Å². The maximum Gasteiger partial charge on any atom is 0.183 e. The Morgan fingerprint density at radius 3 is 2.31 bits per heavy atom. The van der Waals surface area contributed by atoms with Crippen LogP contribution in [0.5, 0.6) is 11.5 Å². The number of hydrogen-bond acceptors (Lipinski definition) is 7. The molecule has 0 aliphatic carbocycles. The molecule has 29 heavy (non-hydrogen) atoms. The molecule has 0 aromatic heterocycles. The SMILES string of the molecule is COc1ccc(S(=O)(=O)[C@H]2CS(=O)(=O)C[C@@H]2NCc2ccc(Cl)cc2)cc1OC. The number of rotatable bonds is 7. The van der Waals surface area contributed by atoms with Crippen molar-refractivity contribution in [2.45, 2.75) is 22.7 Å². The highest BCUT2D eigenvalue weighted by Crippen LogP contribution is 2.33. The Labute approximate surface area is 175 Å². The van der Waals surface area contributed by atoms with Crippen LogP contribution in [0.3, 0.4) is 0 Å². The molecule has 0 saturated carbocycles. The summed E-state index contributed by atoms with van der Waals surface area (Å²) in [7, 11) is -4.56. The molecule has 1 heterocycles. The zero-order chi connectivity index (χ0) is 21.2. The maximum absolute atomic E-state index is 13.2. The topological polar surface area (TPSA) is 98.8 Å². The van der Waals surface area contributed by atoms with E-state index in [0.717, 1.165) is 5.56 Å². The van der Waals surface area contributed by atoms with Gasteiger partial charge < -0.3 is 14.8 Å². The maximum atomic E-state index is 13.2. The Kier molecular flexibility index (Phi) is 6.42. The van der Waals surface area contributed by atoms with Crippen molar-refractivity contribution < 1.29 is 26.3 Å². The molecule has 0 amide bonds. The summed E-state index contributed by atoms with van der Waals surface area (Å²) >= 11 is 5.88. The van der Waals surface area contributed by atoms with Gasteiger partial charge in [0.15, 0.2) is 31.2 Å². The van der Waals surface area contributed by atoms with Crippen molar-refractivity contribution in [2.75, 3.05) is 25.7 Å². The average molecular weight is 460 g/mol. The molecule has 0 radical (unpaired) electrons. The van der Waals surface area contributed by atoms with Gasteiger partial charge in [-0.3, -0.25) is 0 Å². The van der Waals surface area contributed by atoms with Gasteiger partial charge >= 0.3 is 0 Å². The van der Waals surface area contributed by atoms with E-state index < -0.39 is 36.7 Å². The minimum atomic E-state index is -3.93. The quantitative estimate of drug-likeness (QED) is 0.676. The van der Waals surface area contributed by atoms with Crippen LogP contribution in [-0.2, 0) is 26.2 Å². The molecular formula is C19H22ClNO6S2. The van der Waals surface area contributed by atoms with E-state index in [9.17, 15) is 16.8 Å². The van der Waals surface area contributed by atoms with Gasteiger partial charge in [-0.15, -0.1) is 0 Å². The van der Waals surface area contributed by atoms with E-state index >= 15 is 0 Å². The number of nitrogens with one attached hydrogen (secondary N) is 1. The van der Waals surface area contributed by atoms with Gasteiger partial charge in [-0.1, -0.05) is 23.7 Å². The number of halogens is 1. The highest BCUT2D eigenvalue weighted by molar-refractivity contribution is 7.96. The minimum absolute atomic E-state index is 0.00413. The van der Waals surface area contributed by atoms with E-state index in [4.69, 9.17) is 21.1 Å². The molecule has 1 aliphatic heterocycles. The molecule has 1 N–H and O–H groups in total. The molecule has 1 aliphatic rings. The lowest BCUT2D eigenvalue weighted by Crippen LogP contribution is -2.43. The van der Waals surface area contributed by atoms with Crippen molar-refractivity contribution in [3.8, 4) is 11.5 Å². The predicted octanol–water partition coefficient (Wildman–Crippen LogP) is 2.09. The molecule has 0 spiro atoms. The monoisotopic (exact) mass is 459 g/mol. The number of benzene rings is 2. The highest BCUT2D eigenvalue weighted by Gasteiger charge is 2.45. The molecule has 0 unspecified atom stereocenters. The van der Waals surface area contributed by atoms with Crippen molar-refractivity contribution in [2.24, 2.45) is 0 Å². The molecule has 158 valence electrons. The molecule has 7 nitrogen and oxygen atoms in total. The van der Waals surface area contributed by atoms with Crippen LogP contribution in [0.2, 0.25) is 5.02 Å². The van der Waals surface area contributed by atoms with Crippen LogP contribution in [0, 0.1) is 0 Å². The van der Waals surface area contributed by atoms with Crippen molar-refractivity contribution >= 4 is 31.3 Å². The second-order valence-electron chi connectivity index (χ2n) is 6.79. The first-order valence-electron chi connectivity index (χ1n) is 8.80. The summed E-state index contributed by atoms with van der Waals surface area (Å²) in [4.78, 5) is -0.00413. The molecule has 1 saturated heterocycles. The summed E-state index contributed by atoms with van der Waals surface area (Å²) < 4.78 is 61.3. The van der Waals surface area contributed by atoms with Crippen LogP contribution in [0.15, 0.2) is 47.4 Å². The molecule has 2 aromatic rings. The van der Waals surface area contributed by atoms with Crippen LogP contribution in [-0.4, -0.2) is 53.9 Å². The molecule has 3 rings (SSSR count). The van der Waals surface area contributed by atoms with Crippen molar-refractivity contribution in [1.29, 1.82) is 0 Å². The van der Waals surface area contributed by atoms with E-state index in [1.165, 1.54) is 32.4 Å². The van der Waals surface area contributed by atoms with Crippen LogP contribution >= 0.6 is 11.6 Å². The van der Waals surface area contributed by atoms with Crippen molar-refractivity contribution in [1.82, 2.24) is 5.32 Å². The molecule has 1 fully saturated rings. The van der Waals surface area contributed by atoms with Crippen molar-refractivity contribution in [3.63, 3.8) is 0 Å². The van der Waals surface area contributed by atoms with Gasteiger partial charge in [-0.05, 0) is 29.8 Å². The third kappa shape index (κ3) is 4.85. The van der Waals surface area contributed by atoms with Gasteiger partial charge in [0.05, 0.1) is 35.9 Å². The fourth-order valence-corrected chi connectivity index (χ4v) is 8.19. The van der Waals surface area contributed by atoms with E-state index in [0.29, 0.717) is 17.3 Å². The fourth-order valence-electron chi connectivity index (χ4n) is 3.33. The molecule has 0 bridgehead atoms. The van der Waals surface area contributed by atoms with Gasteiger partial charge in [-0.25, -0.2) is 16.8 Å². The van der Waals surface area contributed by atoms with Gasteiger partial charge in [0.25, 0.3) is 0 Å². The van der Waals surface area contributed by atoms with Gasteiger partial charge in [0.1, 0.15) is 0 Å². The standard InChI is InChI=1S/C19H22ClNO6S2/c1-26-17-8-7-15(9-18(17)27-2)29(24,25)19-12-28(22,23)11-16(19)21-10-13-3-5-14(20)6-4-13/h3-9,16,19,21H,10-12H2,1-2H3/t16-,19-/m0/s1. The third-order valence-corrected chi connectivity index (χ3v) is 9.26. The second-order valence-corrected chi connectivity index (χ2v) is 11.5. The summed E-state index contributed by atoms with van der Waals surface area (Å²) in [5.74, 6) is -0.0114. The predicted molar refractivity (Wildman–Crippen MR) is 111 cm³/mol. The molecule has 2 aromatic carbocycles. The smallest absolute Gasteiger partial charge is 0.183 e. The van der Waals surface area contributed by atoms with Crippen LogP contribution in [0.25, 0.3) is 0 Å². The van der Waals surface area contributed by atoms with Gasteiger partial charge in [0.2, 0.25) is 0 Å². The zero-order valence-corrected chi connectivity index (χ0v) is 18.4. The van der Waals surface area contributed by atoms with E-state index in [-0.39, 0.29) is 16.4 Å². The Bertz CT molecular complexity index is 1080. The summed E-state index contributed by atoms with van der Waals surface area (Å²) in [6, 6.07) is 10.6. The zero-order valence-electron chi connectivity index (χ0n) is 16.0. The first kappa shape index (κ1) is 21.9. The van der Waals surface area contributed by atoms with Gasteiger partial charge in [0, 0.05) is 23.7 Å². The fraction of sp³-hybridized carbons (Fsp3) is 0.368. The molecule has 2 atom stereocenters. The van der Waals surface area contributed by atoms with Crippen LogP contribution in [0.4, 0.5) is 0 Å². The Balaban J connectivity index is 1.88. The second kappa shape index (κ2) is 8.51. The lowest BCUT2D eigenvalue weighted by molar-refractivity contribution is 0.354. The lowest BCUT2D eigenvalue weighted by Gasteiger charge is -2.20. The third-order valence-electron chi connectivity index (χ3n) is 4.86. The number of ether oxygens (including phenoxy) is 2. The molecular weight excluding hydrogens is 438 g/mol. The summed E-state index contributed by atoms with van der Waals surface area (Å²) in [5.41, 5.74) is 0.876. The van der Waals surface area contributed by atoms with Gasteiger partial charge in [-0.2, -0.15) is 0 Å². The minimum Gasteiger partial charge on any atom is -0.493 e. The first-order valence-corrected chi connectivity index (χ1v) is 12.5. The Hall–Kier alpha value is -1.81. The molecule has 10 heteroatoms. The highest BCUT2D eigenvalue weighted by atomic mass is 35.5.